The fourth-order valence-corrected chi connectivity index (χ4v) is 2.16. The average Bonchev–Trinajstić information content (AvgIpc) is 2.32. The Bertz CT molecular complexity index is 271. The van der Waals surface area contributed by atoms with Crippen molar-refractivity contribution in [3.8, 4) is 0 Å². The zero-order chi connectivity index (χ0) is 10.3. The van der Waals surface area contributed by atoms with Gasteiger partial charge in [0.15, 0.2) is 0 Å². The quantitative estimate of drug-likeness (QED) is 0.405. The molecule has 1 aromatic carbocycles. The van der Waals surface area contributed by atoms with E-state index in [1.54, 1.807) is 0 Å². The second-order valence-electron chi connectivity index (χ2n) is 4.27. The van der Waals surface area contributed by atoms with Crippen LogP contribution >= 0.6 is 0 Å². The van der Waals surface area contributed by atoms with Gasteiger partial charge in [0.1, 0.15) is 0 Å². The van der Waals surface area contributed by atoms with Crippen molar-refractivity contribution in [2.75, 3.05) is 6.54 Å². The van der Waals surface area contributed by atoms with Gasteiger partial charge < -0.3 is 5.32 Å². The molecule has 2 rings (SSSR count). The van der Waals surface area contributed by atoms with E-state index in [0.717, 1.165) is 6.54 Å². The molecular formula is C14H19Li2N. The predicted octanol–water partition coefficient (Wildman–Crippen LogP) is -2.05. The maximum Gasteiger partial charge on any atom is 1.00 e. The number of nitrogens with zero attached hydrogens (tertiary/aromatic N) is 1. The summed E-state index contributed by atoms with van der Waals surface area (Å²) in [4.78, 5) is 0. The van der Waals surface area contributed by atoms with Crippen molar-refractivity contribution in [2.45, 2.75) is 38.1 Å². The molecule has 17 heavy (non-hydrogen) atoms. The summed E-state index contributed by atoms with van der Waals surface area (Å²) in [6.07, 6.45) is 8.99. The maximum absolute atomic E-state index is 4.72. The first-order valence-corrected chi connectivity index (χ1v) is 6.00. The van der Waals surface area contributed by atoms with Crippen LogP contribution in [0.1, 0.15) is 37.7 Å². The Hall–Kier alpha value is 0.245. The molecule has 0 N–H and O–H groups in total. The van der Waals surface area contributed by atoms with Crippen molar-refractivity contribution in [2.24, 2.45) is 0 Å². The minimum absolute atomic E-state index is 0. The number of rotatable bonds is 4. The third-order valence-electron chi connectivity index (χ3n) is 3.06. The molecule has 0 radical (unpaired) electrons. The summed E-state index contributed by atoms with van der Waals surface area (Å²) < 4.78 is 0. The molecule has 1 saturated carbocycles. The van der Waals surface area contributed by atoms with Gasteiger partial charge in [0.05, 0.1) is 0 Å². The van der Waals surface area contributed by atoms with Crippen molar-refractivity contribution < 1.29 is 37.7 Å². The van der Waals surface area contributed by atoms with Crippen LogP contribution in [0.3, 0.4) is 0 Å². The van der Waals surface area contributed by atoms with Crippen LogP contribution in [0.2, 0.25) is 0 Å². The summed E-state index contributed by atoms with van der Waals surface area (Å²) in [5.74, 6) is 0. The normalized spacial score (nSPS) is 15.5. The van der Waals surface area contributed by atoms with Crippen molar-refractivity contribution >= 4 is 0 Å². The first-order valence-electron chi connectivity index (χ1n) is 6.00. The van der Waals surface area contributed by atoms with Gasteiger partial charge in [0.2, 0.25) is 0 Å². The Balaban J connectivity index is 0.00000128. The van der Waals surface area contributed by atoms with Gasteiger partial charge >= 0.3 is 37.7 Å². The number of benzene rings is 1. The summed E-state index contributed by atoms with van der Waals surface area (Å²) in [5.41, 5.74) is 1.29. The van der Waals surface area contributed by atoms with Crippen LogP contribution in [0.25, 0.3) is 5.32 Å². The molecular weight excluding hydrogens is 196 g/mol. The van der Waals surface area contributed by atoms with Gasteiger partial charge in [-0.3, -0.25) is 0 Å². The Morgan fingerprint density at radius 1 is 1.00 bits per heavy atom. The molecule has 1 aliphatic carbocycles. The van der Waals surface area contributed by atoms with Gasteiger partial charge in [-0.05, 0) is 0 Å². The predicted molar refractivity (Wildman–Crippen MR) is 64.9 cm³/mol. The molecule has 1 fully saturated rings. The van der Waals surface area contributed by atoms with Crippen LogP contribution in [0, 0.1) is 6.42 Å². The largest absolute Gasteiger partial charge is 1.00 e. The van der Waals surface area contributed by atoms with E-state index >= 15 is 0 Å². The van der Waals surface area contributed by atoms with Crippen molar-refractivity contribution in [3.63, 3.8) is 0 Å². The van der Waals surface area contributed by atoms with E-state index in [9.17, 15) is 0 Å². The van der Waals surface area contributed by atoms with E-state index in [0.29, 0.717) is 6.04 Å². The minimum Gasteiger partial charge on any atom is -0.666 e. The van der Waals surface area contributed by atoms with Crippen molar-refractivity contribution in [1.29, 1.82) is 0 Å². The number of hydrogen-bond donors (Lipinski definition) is 0. The molecule has 0 heterocycles. The molecule has 0 amide bonds. The maximum atomic E-state index is 4.72. The van der Waals surface area contributed by atoms with Gasteiger partial charge in [-0.25, -0.2) is 6.42 Å². The van der Waals surface area contributed by atoms with E-state index in [1.807, 2.05) is 0 Å². The monoisotopic (exact) mass is 215 g/mol. The summed E-state index contributed by atoms with van der Waals surface area (Å²) in [7, 11) is 0. The standard InChI is InChI=1S/C14H19N.2Li/c1-3-7-13(8-4-1)11-12-15-14-9-5-2-6-10-14;;/h1,3-4,7-8,11,14H,2,5-6,9-10,12H2;;/q-2;2*+1. The topological polar surface area (TPSA) is 14.1 Å². The smallest absolute Gasteiger partial charge is 0.666 e. The minimum atomic E-state index is 0. The third-order valence-corrected chi connectivity index (χ3v) is 3.06. The molecule has 0 atom stereocenters. The zero-order valence-electron chi connectivity index (χ0n) is 11.2. The van der Waals surface area contributed by atoms with E-state index in [1.165, 1.54) is 37.7 Å². The zero-order valence-corrected chi connectivity index (χ0v) is 11.2. The van der Waals surface area contributed by atoms with Gasteiger partial charge in [-0.2, -0.15) is 24.2 Å². The molecule has 0 bridgehead atoms. The molecule has 0 aliphatic heterocycles. The van der Waals surface area contributed by atoms with E-state index in [4.69, 9.17) is 5.32 Å². The first kappa shape index (κ1) is 17.2. The summed E-state index contributed by atoms with van der Waals surface area (Å²) in [6, 6.07) is 11.1. The third kappa shape index (κ3) is 6.66. The Labute approximate surface area is 129 Å². The van der Waals surface area contributed by atoms with Crippen molar-refractivity contribution in [3.05, 3.63) is 47.6 Å². The molecule has 0 saturated heterocycles. The first-order chi connectivity index (χ1) is 7.45. The summed E-state index contributed by atoms with van der Waals surface area (Å²) in [6.45, 7) is 0.884. The SMILES string of the molecule is [Li+].[Li+].c1ccc([CH-]C[N-]C2CCCCC2)cc1. The molecule has 3 heteroatoms. The van der Waals surface area contributed by atoms with Crippen LogP contribution in [0.4, 0.5) is 0 Å². The van der Waals surface area contributed by atoms with E-state index in [2.05, 4.69) is 36.8 Å². The van der Waals surface area contributed by atoms with Gasteiger partial charge in [0.25, 0.3) is 0 Å². The summed E-state index contributed by atoms with van der Waals surface area (Å²) >= 11 is 0. The molecule has 1 aliphatic rings. The Morgan fingerprint density at radius 3 is 2.29 bits per heavy atom. The van der Waals surface area contributed by atoms with E-state index in [-0.39, 0.29) is 37.7 Å². The van der Waals surface area contributed by atoms with Crippen LogP contribution < -0.4 is 37.7 Å². The van der Waals surface area contributed by atoms with Crippen molar-refractivity contribution in [1.82, 2.24) is 0 Å². The molecule has 0 unspecified atom stereocenters. The van der Waals surface area contributed by atoms with Gasteiger partial charge in [-0.15, -0.1) is 18.2 Å². The van der Waals surface area contributed by atoms with Gasteiger partial charge in [-0.1, -0.05) is 38.2 Å². The van der Waals surface area contributed by atoms with Crippen LogP contribution in [0.5, 0.6) is 0 Å². The second kappa shape index (κ2) is 10.2. The molecule has 0 aromatic heterocycles. The fourth-order valence-electron chi connectivity index (χ4n) is 2.16. The molecule has 82 valence electrons. The van der Waals surface area contributed by atoms with E-state index < -0.39 is 0 Å². The van der Waals surface area contributed by atoms with Crippen LogP contribution in [0.15, 0.2) is 30.3 Å². The summed E-state index contributed by atoms with van der Waals surface area (Å²) in [5, 5.41) is 4.72. The second-order valence-corrected chi connectivity index (χ2v) is 4.27. The number of hydrogen-bond acceptors (Lipinski definition) is 0. The molecule has 1 aromatic rings. The van der Waals surface area contributed by atoms with Crippen LogP contribution in [-0.2, 0) is 0 Å². The average molecular weight is 215 g/mol. The van der Waals surface area contributed by atoms with Crippen LogP contribution in [-0.4, -0.2) is 12.6 Å². The van der Waals surface area contributed by atoms with Gasteiger partial charge in [0, 0.05) is 0 Å². The molecule has 0 spiro atoms. The fraction of sp³-hybridized carbons (Fsp3) is 0.500. The Kier molecular flexibility index (Phi) is 10.3. The molecule has 1 nitrogen and oxygen atoms in total. The Morgan fingerprint density at radius 2 is 1.65 bits per heavy atom.